The van der Waals surface area contributed by atoms with E-state index in [1.54, 1.807) is 7.05 Å². The van der Waals surface area contributed by atoms with Crippen molar-refractivity contribution in [3.63, 3.8) is 0 Å². The molecule has 1 atom stereocenters. The van der Waals surface area contributed by atoms with Crippen LogP contribution in [0, 0.1) is 0 Å². The molecule has 0 radical (unpaired) electrons. The highest BCUT2D eigenvalue weighted by Gasteiger charge is 2.27. The first-order valence-electron chi connectivity index (χ1n) is 5.89. The fourth-order valence-corrected chi connectivity index (χ4v) is 2.27. The molecule has 0 spiro atoms. The van der Waals surface area contributed by atoms with Gasteiger partial charge in [-0.2, -0.15) is 0 Å². The molecule has 1 fully saturated rings. The second-order valence-electron chi connectivity index (χ2n) is 4.56. The Bertz CT molecular complexity index is 386. The second-order valence-corrected chi connectivity index (χ2v) is 4.56. The van der Waals surface area contributed by atoms with E-state index in [4.69, 9.17) is 5.11 Å². The number of hydrogen-bond acceptors (Lipinski definition) is 2. The highest BCUT2D eigenvalue weighted by atomic mass is 35.5. The van der Waals surface area contributed by atoms with Crippen LogP contribution in [0.15, 0.2) is 30.3 Å². The number of carbonyl (C=O) groups is 1. The lowest BCUT2D eigenvalue weighted by molar-refractivity contribution is 0.138. The first-order chi connectivity index (χ1) is 8.16. The van der Waals surface area contributed by atoms with E-state index in [-0.39, 0.29) is 18.4 Å². The van der Waals surface area contributed by atoms with Crippen molar-refractivity contribution >= 4 is 18.5 Å². The van der Waals surface area contributed by atoms with E-state index in [0.717, 1.165) is 26.1 Å². The summed E-state index contributed by atoms with van der Waals surface area (Å²) in [5.41, 5.74) is 1.28. The van der Waals surface area contributed by atoms with Gasteiger partial charge < -0.3 is 10.0 Å². The second kappa shape index (κ2) is 6.61. The molecule has 4 nitrogen and oxygen atoms in total. The average molecular weight is 271 g/mol. The fraction of sp³-hybridized carbons (Fsp3) is 0.462. The van der Waals surface area contributed by atoms with E-state index in [1.807, 2.05) is 18.2 Å². The Balaban J connectivity index is 0.00000162. The van der Waals surface area contributed by atoms with Crippen LogP contribution in [-0.2, 0) is 6.54 Å². The van der Waals surface area contributed by atoms with E-state index < -0.39 is 6.09 Å². The molecule has 1 heterocycles. The van der Waals surface area contributed by atoms with E-state index >= 15 is 0 Å². The lowest BCUT2D eigenvalue weighted by atomic mass is 10.2. The number of carboxylic acid groups (broad SMARTS) is 1. The van der Waals surface area contributed by atoms with Crippen molar-refractivity contribution in [3.8, 4) is 0 Å². The van der Waals surface area contributed by atoms with Gasteiger partial charge >= 0.3 is 6.09 Å². The molecule has 100 valence electrons. The molecule has 1 aromatic rings. The Morgan fingerprint density at radius 2 is 2.11 bits per heavy atom. The van der Waals surface area contributed by atoms with Gasteiger partial charge in [-0.1, -0.05) is 30.3 Å². The highest BCUT2D eigenvalue weighted by Crippen LogP contribution is 2.17. The summed E-state index contributed by atoms with van der Waals surface area (Å²) in [5, 5.41) is 8.93. The van der Waals surface area contributed by atoms with Gasteiger partial charge in [0.05, 0.1) is 0 Å². The van der Waals surface area contributed by atoms with Crippen LogP contribution in [0.4, 0.5) is 4.79 Å². The largest absolute Gasteiger partial charge is 0.465 e. The summed E-state index contributed by atoms with van der Waals surface area (Å²) in [6, 6.07) is 10.4. The summed E-state index contributed by atoms with van der Waals surface area (Å²) >= 11 is 0. The number of likely N-dealkylation sites (tertiary alicyclic amines) is 1. The van der Waals surface area contributed by atoms with Gasteiger partial charge in [0.25, 0.3) is 0 Å². The van der Waals surface area contributed by atoms with Crippen molar-refractivity contribution < 1.29 is 9.90 Å². The summed E-state index contributed by atoms with van der Waals surface area (Å²) in [6.45, 7) is 2.71. The maximum absolute atomic E-state index is 10.9. The number of benzene rings is 1. The van der Waals surface area contributed by atoms with Crippen molar-refractivity contribution in [3.05, 3.63) is 35.9 Å². The molecule has 0 aromatic heterocycles. The Labute approximate surface area is 114 Å². The van der Waals surface area contributed by atoms with Gasteiger partial charge in [0, 0.05) is 32.7 Å². The van der Waals surface area contributed by atoms with Gasteiger partial charge in [-0.05, 0) is 12.0 Å². The standard InChI is InChI=1S/C13H18N2O2.ClH/c1-14(13(16)17)12-7-8-15(10-12)9-11-5-3-2-4-6-11;/h2-6,12H,7-10H2,1H3,(H,16,17);1H/t12-;/m1./s1. The van der Waals surface area contributed by atoms with E-state index in [0.29, 0.717) is 0 Å². The molecular weight excluding hydrogens is 252 g/mol. The Kier molecular flexibility index (Phi) is 5.44. The number of halogens is 1. The molecule has 1 aromatic carbocycles. The summed E-state index contributed by atoms with van der Waals surface area (Å²) < 4.78 is 0. The van der Waals surface area contributed by atoms with Crippen LogP contribution in [0.25, 0.3) is 0 Å². The number of rotatable bonds is 3. The van der Waals surface area contributed by atoms with Crippen molar-refractivity contribution in [2.45, 2.75) is 19.0 Å². The third kappa shape index (κ3) is 3.62. The quantitative estimate of drug-likeness (QED) is 0.917. The molecule has 0 saturated carbocycles. The lowest BCUT2D eigenvalue weighted by Crippen LogP contribution is -2.37. The van der Waals surface area contributed by atoms with Gasteiger partial charge in [-0.15, -0.1) is 12.4 Å². The number of likely N-dealkylation sites (N-methyl/N-ethyl adjacent to an activating group) is 1. The molecule has 2 rings (SSSR count). The van der Waals surface area contributed by atoms with Crippen molar-refractivity contribution in [2.75, 3.05) is 20.1 Å². The third-order valence-corrected chi connectivity index (χ3v) is 3.35. The smallest absolute Gasteiger partial charge is 0.407 e. The Morgan fingerprint density at radius 1 is 1.44 bits per heavy atom. The molecule has 0 bridgehead atoms. The molecule has 18 heavy (non-hydrogen) atoms. The normalized spacial score (nSPS) is 19.3. The van der Waals surface area contributed by atoms with Crippen LogP contribution in [-0.4, -0.2) is 47.2 Å². The Morgan fingerprint density at radius 3 is 2.72 bits per heavy atom. The topological polar surface area (TPSA) is 43.8 Å². The van der Waals surface area contributed by atoms with Crippen LogP contribution in [0.2, 0.25) is 0 Å². The van der Waals surface area contributed by atoms with Gasteiger partial charge in [0.1, 0.15) is 0 Å². The van der Waals surface area contributed by atoms with Gasteiger partial charge in [0.2, 0.25) is 0 Å². The highest BCUT2D eigenvalue weighted by molar-refractivity contribution is 5.85. The van der Waals surface area contributed by atoms with E-state index in [2.05, 4.69) is 17.0 Å². The zero-order valence-electron chi connectivity index (χ0n) is 10.5. The maximum atomic E-state index is 10.9. The molecule has 1 N–H and O–H groups in total. The molecule has 1 amide bonds. The number of nitrogens with zero attached hydrogens (tertiary/aromatic N) is 2. The van der Waals surface area contributed by atoms with E-state index in [1.165, 1.54) is 10.5 Å². The van der Waals surface area contributed by atoms with Crippen molar-refractivity contribution in [1.29, 1.82) is 0 Å². The van der Waals surface area contributed by atoms with Crippen LogP contribution < -0.4 is 0 Å². The summed E-state index contributed by atoms with van der Waals surface area (Å²) in [5.74, 6) is 0. The van der Waals surface area contributed by atoms with Crippen molar-refractivity contribution in [2.24, 2.45) is 0 Å². The van der Waals surface area contributed by atoms with Gasteiger partial charge in [0.15, 0.2) is 0 Å². The molecule has 1 aliphatic rings. The monoisotopic (exact) mass is 270 g/mol. The van der Waals surface area contributed by atoms with Crippen LogP contribution in [0.3, 0.4) is 0 Å². The van der Waals surface area contributed by atoms with Gasteiger partial charge in [-0.3, -0.25) is 4.90 Å². The Hall–Kier alpha value is -1.26. The average Bonchev–Trinajstić information content (AvgIpc) is 2.77. The minimum absolute atomic E-state index is 0. The summed E-state index contributed by atoms with van der Waals surface area (Å²) in [6.07, 6.45) is 0.0897. The fourth-order valence-electron chi connectivity index (χ4n) is 2.27. The first kappa shape index (κ1) is 14.8. The van der Waals surface area contributed by atoms with E-state index in [9.17, 15) is 4.79 Å². The maximum Gasteiger partial charge on any atom is 0.407 e. The minimum atomic E-state index is -0.837. The molecule has 0 unspecified atom stereocenters. The molecule has 1 saturated heterocycles. The third-order valence-electron chi connectivity index (χ3n) is 3.35. The van der Waals surface area contributed by atoms with Crippen LogP contribution in [0.5, 0.6) is 0 Å². The van der Waals surface area contributed by atoms with Gasteiger partial charge in [-0.25, -0.2) is 4.79 Å². The zero-order chi connectivity index (χ0) is 12.3. The molecular formula is C13H19ClN2O2. The zero-order valence-corrected chi connectivity index (χ0v) is 11.3. The first-order valence-corrected chi connectivity index (χ1v) is 5.89. The number of amides is 1. The molecule has 5 heteroatoms. The van der Waals surface area contributed by atoms with Crippen molar-refractivity contribution in [1.82, 2.24) is 9.80 Å². The van der Waals surface area contributed by atoms with Crippen LogP contribution in [0.1, 0.15) is 12.0 Å². The van der Waals surface area contributed by atoms with Crippen LogP contribution >= 0.6 is 12.4 Å². The minimum Gasteiger partial charge on any atom is -0.465 e. The predicted molar refractivity (Wildman–Crippen MR) is 73.2 cm³/mol. The summed E-state index contributed by atoms with van der Waals surface area (Å²) in [7, 11) is 1.65. The predicted octanol–water partition coefficient (Wildman–Crippen LogP) is 2.29. The number of hydrogen-bond donors (Lipinski definition) is 1. The SMILES string of the molecule is CN(C(=O)O)[C@@H]1CCN(Cc2ccccc2)C1.Cl. The summed E-state index contributed by atoms with van der Waals surface area (Å²) in [4.78, 5) is 14.6. The lowest BCUT2D eigenvalue weighted by Gasteiger charge is -2.22. The molecule has 1 aliphatic heterocycles. The molecule has 0 aliphatic carbocycles.